The summed E-state index contributed by atoms with van der Waals surface area (Å²) < 4.78 is 43.7. The summed E-state index contributed by atoms with van der Waals surface area (Å²) in [6, 6.07) is 14.4. The van der Waals surface area contributed by atoms with Gasteiger partial charge in [0.05, 0.1) is 18.7 Å². The van der Waals surface area contributed by atoms with Gasteiger partial charge in [0.1, 0.15) is 6.54 Å². The maximum Gasteiger partial charge on any atom is 0.403 e. The Hall–Kier alpha value is -3.73. The van der Waals surface area contributed by atoms with Crippen LogP contribution >= 0.6 is 0 Å². The van der Waals surface area contributed by atoms with Gasteiger partial charge < -0.3 is 10.2 Å². The van der Waals surface area contributed by atoms with Gasteiger partial charge in [-0.3, -0.25) is 0 Å². The molecule has 1 aromatic heterocycles. The van der Waals surface area contributed by atoms with Gasteiger partial charge in [-0.15, -0.1) is 10.2 Å². The monoisotopic (exact) mass is 458 g/mol. The van der Waals surface area contributed by atoms with E-state index in [1.165, 1.54) is 14.0 Å². The first-order valence-corrected chi connectivity index (χ1v) is 10.1. The number of carbonyl (C=O) groups is 1. The number of esters is 1. The Morgan fingerprint density at radius 3 is 2.42 bits per heavy atom. The van der Waals surface area contributed by atoms with Crippen LogP contribution in [0.5, 0.6) is 0 Å². The molecule has 0 fully saturated rings. The summed E-state index contributed by atoms with van der Waals surface area (Å²) in [6.45, 7) is 0.347. The summed E-state index contributed by atoms with van der Waals surface area (Å²) in [5, 5.41) is 15.1. The van der Waals surface area contributed by atoms with Crippen molar-refractivity contribution in [2.24, 2.45) is 0 Å². The second-order valence-corrected chi connectivity index (χ2v) is 7.57. The van der Waals surface area contributed by atoms with Gasteiger partial charge in [-0.05, 0) is 28.8 Å². The van der Waals surface area contributed by atoms with Crippen LogP contribution in [0.1, 0.15) is 12.5 Å². The number of tetrazole rings is 1. The number of ether oxygens (including phenoxy) is 1. The highest BCUT2D eigenvalue weighted by atomic mass is 19.4. The van der Waals surface area contributed by atoms with Gasteiger partial charge in [-0.25, -0.2) is 9.80 Å². The lowest BCUT2D eigenvalue weighted by Crippen LogP contribution is -2.44. The number of halogens is 3. The molecule has 2 heterocycles. The van der Waals surface area contributed by atoms with Crippen LogP contribution in [-0.4, -0.2) is 57.5 Å². The summed E-state index contributed by atoms with van der Waals surface area (Å²) in [5.41, 5.74) is 6.77. The van der Waals surface area contributed by atoms with Crippen molar-refractivity contribution in [2.45, 2.75) is 25.6 Å². The van der Waals surface area contributed by atoms with Crippen molar-refractivity contribution in [3.8, 4) is 22.5 Å². The number of rotatable bonds is 6. The Morgan fingerprint density at radius 2 is 1.82 bits per heavy atom. The van der Waals surface area contributed by atoms with E-state index in [1.807, 2.05) is 48.5 Å². The minimum Gasteiger partial charge on any atom is -0.466 e. The molecule has 3 aromatic rings. The van der Waals surface area contributed by atoms with E-state index in [9.17, 15) is 18.0 Å². The Kier molecular flexibility index (Phi) is 6.14. The molecule has 1 atom stereocenters. The molecule has 0 saturated heterocycles. The molecule has 172 valence electrons. The fourth-order valence-corrected chi connectivity index (χ4v) is 3.86. The van der Waals surface area contributed by atoms with Crippen LogP contribution in [0.2, 0.25) is 0 Å². The lowest BCUT2D eigenvalue weighted by Gasteiger charge is -2.24. The van der Waals surface area contributed by atoms with Gasteiger partial charge in [-0.2, -0.15) is 18.4 Å². The molecule has 1 unspecified atom stereocenters. The molecule has 0 radical (unpaired) electrons. The number of allylic oxidation sites excluding steroid dienone is 1. The third kappa shape index (κ3) is 4.87. The normalized spacial score (nSPS) is 16.7. The number of nitrogens with zero attached hydrogens (tertiary/aromatic N) is 4. The van der Waals surface area contributed by atoms with E-state index in [0.717, 1.165) is 27.3 Å². The summed E-state index contributed by atoms with van der Waals surface area (Å²) >= 11 is 0. The van der Waals surface area contributed by atoms with Crippen LogP contribution in [0.15, 0.2) is 59.8 Å². The number of hydrogen-bond acceptors (Lipinski definition) is 7. The van der Waals surface area contributed by atoms with Crippen molar-refractivity contribution in [3.63, 3.8) is 0 Å². The highest BCUT2D eigenvalue weighted by Gasteiger charge is 2.40. The number of carbonyl (C=O) groups excluding carboxylic acids is 1. The number of hydrazine groups is 1. The van der Waals surface area contributed by atoms with E-state index >= 15 is 0 Å². The first-order valence-electron chi connectivity index (χ1n) is 10.1. The second-order valence-electron chi connectivity index (χ2n) is 7.57. The highest BCUT2D eigenvalue weighted by molar-refractivity contribution is 5.91. The Labute approximate surface area is 187 Å². The Morgan fingerprint density at radius 1 is 1.12 bits per heavy atom. The van der Waals surface area contributed by atoms with Gasteiger partial charge in [0, 0.05) is 17.7 Å². The average molecular weight is 458 g/mol. The van der Waals surface area contributed by atoms with Gasteiger partial charge >= 0.3 is 12.1 Å². The number of hydrogen-bond donors (Lipinski definition) is 2. The summed E-state index contributed by atoms with van der Waals surface area (Å²) in [5.74, 6) is -0.184. The average Bonchev–Trinajstić information content (AvgIpc) is 3.42. The minimum absolute atomic E-state index is 0.188. The second kappa shape index (κ2) is 9.02. The van der Waals surface area contributed by atoms with Crippen LogP contribution < -0.4 is 5.43 Å². The van der Waals surface area contributed by atoms with E-state index in [1.54, 1.807) is 0 Å². The van der Waals surface area contributed by atoms with Gasteiger partial charge in [-0.1, -0.05) is 48.5 Å². The molecule has 8 nitrogen and oxygen atoms in total. The van der Waals surface area contributed by atoms with E-state index in [4.69, 9.17) is 4.74 Å². The lowest BCUT2D eigenvalue weighted by molar-refractivity contribution is -0.154. The number of alkyl halides is 3. The van der Waals surface area contributed by atoms with E-state index in [2.05, 4.69) is 26.0 Å². The lowest BCUT2D eigenvalue weighted by atomic mass is 9.97. The highest BCUT2D eigenvalue weighted by Crippen LogP contribution is 2.31. The van der Waals surface area contributed by atoms with Crippen LogP contribution in [0.3, 0.4) is 0 Å². The minimum atomic E-state index is -4.41. The van der Waals surface area contributed by atoms with Crippen LogP contribution in [-0.2, 0) is 16.0 Å². The van der Waals surface area contributed by atoms with Gasteiger partial charge in [0.2, 0.25) is 5.82 Å². The summed E-state index contributed by atoms with van der Waals surface area (Å²) in [7, 11) is 1.21. The maximum atomic E-state index is 13.0. The first-order chi connectivity index (χ1) is 15.8. The van der Waals surface area contributed by atoms with Gasteiger partial charge in [0.15, 0.2) is 0 Å². The fourth-order valence-electron chi connectivity index (χ4n) is 3.86. The van der Waals surface area contributed by atoms with Crippen molar-refractivity contribution < 1.29 is 22.7 Å². The van der Waals surface area contributed by atoms with E-state index in [0.29, 0.717) is 11.5 Å². The summed E-state index contributed by atoms with van der Waals surface area (Å²) in [4.78, 5) is 12.3. The quantitative estimate of drug-likeness (QED) is 0.548. The molecule has 11 heteroatoms. The van der Waals surface area contributed by atoms with Crippen molar-refractivity contribution in [1.29, 1.82) is 0 Å². The SMILES string of the molecule is COC(=O)C1=C(Cc2ccc(-c3ccccc3-c3nn[nH]n3)cc2)NN(CC(F)(F)F)C1C. The first kappa shape index (κ1) is 22.5. The topological polar surface area (TPSA) is 96.0 Å². The standard InChI is InChI=1S/C22H21F3N6O2/c1-13-19(21(32)33-2)18(28-31(13)12-22(23,24)25)11-14-7-9-15(10-8-14)16-5-3-4-6-17(16)20-26-29-30-27-20/h3-10,13,28H,11-12H2,1-2H3,(H,26,27,29,30). The largest absolute Gasteiger partial charge is 0.466 e. The third-order valence-electron chi connectivity index (χ3n) is 5.40. The zero-order valence-electron chi connectivity index (χ0n) is 17.8. The van der Waals surface area contributed by atoms with Gasteiger partial charge in [0.25, 0.3) is 0 Å². The smallest absolute Gasteiger partial charge is 0.403 e. The van der Waals surface area contributed by atoms with Crippen molar-refractivity contribution in [3.05, 3.63) is 65.4 Å². The van der Waals surface area contributed by atoms with Crippen LogP contribution in [0.25, 0.3) is 22.5 Å². The Balaban J connectivity index is 1.59. The van der Waals surface area contributed by atoms with Crippen molar-refractivity contribution in [1.82, 2.24) is 31.1 Å². The molecule has 0 bridgehead atoms. The molecule has 0 saturated carbocycles. The molecule has 0 aliphatic carbocycles. The predicted molar refractivity (Wildman–Crippen MR) is 113 cm³/mol. The molecule has 0 amide bonds. The molecule has 1 aliphatic rings. The number of aromatic amines is 1. The van der Waals surface area contributed by atoms with Crippen molar-refractivity contribution >= 4 is 5.97 Å². The molecule has 2 N–H and O–H groups in total. The molecular weight excluding hydrogens is 437 g/mol. The van der Waals surface area contributed by atoms with E-state index < -0.39 is 24.7 Å². The summed E-state index contributed by atoms with van der Waals surface area (Å²) in [6.07, 6.45) is -4.17. The number of H-pyrrole nitrogens is 1. The number of methoxy groups -OCH3 is 1. The molecule has 33 heavy (non-hydrogen) atoms. The maximum absolute atomic E-state index is 13.0. The van der Waals surface area contributed by atoms with Crippen LogP contribution in [0, 0.1) is 0 Å². The molecule has 4 rings (SSSR count). The molecule has 2 aromatic carbocycles. The fraction of sp³-hybridized carbons (Fsp3) is 0.273. The zero-order valence-corrected chi connectivity index (χ0v) is 17.8. The number of benzene rings is 2. The number of aromatic nitrogens is 4. The van der Waals surface area contributed by atoms with Crippen LogP contribution in [0.4, 0.5) is 13.2 Å². The zero-order chi connectivity index (χ0) is 23.6. The Bertz CT molecular complexity index is 1160. The number of nitrogens with one attached hydrogen (secondary N) is 2. The predicted octanol–water partition coefficient (Wildman–Crippen LogP) is 3.27. The molecular formula is C22H21F3N6O2. The van der Waals surface area contributed by atoms with Crippen molar-refractivity contribution in [2.75, 3.05) is 13.7 Å². The molecule has 0 spiro atoms. The third-order valence-corrected chi connectivity index (χ3v) is 5.40. The molecule has 1 aliphatic heterocycles. The van der Waals surface area contributed by atoms with E-state index in [-0.39, 0.29) is 12.0 Å².